The monoisotopic (exact) mass is 386 g/mol. The maximum atomic E-state index is 14.7. The van der Waals surface area contributed by atoms with Gasteiger partial charge in [-0.2, -0.15) is 4.31 Å². The Bertz CT molecular complexity index is 1090. The smallest absolute Gasteiger partial charge is 0.249 e. The molecule has 0 fully saturated rings. The number of sulfonamides is 1. The summed E-state index contributed by atoms with van der Waals surface area (Å²) in [7, 11) is -3.93. The van der Waals surface area contributed by atoms with E-state index in [0.717, 1.165) is 11.1 Å². The molecule has 1 aromatic heterocycles. The Kier molecular flexibility index (Phi) is 4.36. The summed E-state index contributed by atoms with van der Waals surface area (Å²) in [6, 6.07) is 13.1. The normalized spacial score (nSPS) is 17.7. The molecule has 140 valence electrons. The van der Waals surface area contributed by atoms with Gasteiger partial charge in [-0.3, -0.25) is 0 Å². The summed E-state index contributed by atoms with van der Waals surface area (Å²) in [5.41, 5.74) is 2.46. The highest BCUT2D eigenvalue weighted by Gasteiger charge is 2.40. The van der Waals surface area contributed by atoms with Gasteiger partial charge in [0.25, 0.3) is 0 Å². The molecular weight excluding hydrogens is 367 g/mol. The molecule has 0 radical (unpaired) electrons. The fourth-order valence-corrected chi connectivity index (χ4v) is 5.66. The summed E-state index contributed by atoms with van der Waals surface area (Å²) in [5.74, 6) is -0.197. The molecule has 1 atom stereocenters. The molecule has 1 aliphatic heterocycles. The van der Waals surface area contributed by atoms with E-state index in [1.165, 1.54) is 10.4 Å². The Labute approximate surface area is 157 Å². The predicted molar refractivity (Wildman–Crippen MR) is 98.3 cm³/mol. The lowest BCUT2D eigenvalue weighted by Crippen LogP contribution is -2.41. The van der Waals surface area contributed by atoms with E-state index in [9.17, 15) is 12.8 Å². The first-order valence-electron chi connectivity index (χ1n) is 8.68. The van der Waals surface area contributed by atoms with Gasteiger partial charge in [-0.1, -0.05) is 47.6 Å². The molecule has 0 saturated carbocycles. The van der Waals surface area contributed by atoms with Crippen LogP contribution in [0.25, 0.3) is 0 Å². The van der Waals surface area contributed by atoms with Crippen LogP contribution in [0, 0.1) is 19.7 Å². The van der Waals surface area contributed by atoms with Crippen molar-refractivity contribution in [1.29, 1.82) is 0 Å². The summed E-state index contributed by atoms with van der Waals surface area (Å²) in [5, 5.41) is 3.78. The minimum Gasteiger partial charge on any atom is -0.360 e. The Morgan fingerprint density at radius 3 is 2.41 bits per heavy atom. The Hall–Kier alpha value is -2.51. The van der Waals surface area contributed by atoms with E-state index >= 15 is 0 Å². The average molecular weight is 386 g/mol. The topological polar surface area (TPSA) is 63.4 Å². The van der Waals surface area contributed by atoms with Crippen LogP contribution in [-0.2, 0) is 16.4 Å². The summed E-state index contributed by atoms with van der Waals surface area (Å²) < 4.78 is 48.1. The summed E-state index contributed by atoms with van der Waals surface area (Å²) in [4.78, 5) is 0.0585. The predicted octanol–water partition coefficient (Wildman–Crippen LogP) is 3.77. The SMILES string of the molecule is Cc1noc(C)c1S(=O)(=O)N1CCc2ccccc2C1c1ccccc1F. The highest BCUT2D eigenvalue weighted by atomic mass is 32.2. The summed E-state index contributed by atoms with van der Waals surface area (Å²) in [6.07, 6.45) is 0.559. The molecule has 1 unspecified atom stereocenters. The van der Waals surface area contributed by atoms with Crippen molar-refractivity contribution in [2.75, 3.05) is 6.54 Å². The zero-order valence-corrected chi connectivity index (χ0v) is 15.8. The number of fused-ring (bicyclic) bond motifs is 1. The van der Waals surface area contributed by atoms with E-state index in [2.05, 4.69) is 5.16 Å². The second-order valence-electron chi connectivity index (χ2n) is 6.64. The molecule has 0 amide bonds. The molecule has 2 heterocycles. The van der Waals surface area contributed by atoms with Crippen LogP contribution in [0.3, 0.4) is 0 Å². The Morgan fingerprint density at radius 1 is 1.07 bits per heavy atom. The van der Waals surface area contributed by atoms with Crippen LogP contribution >= 0.6 is 0 Å². The zero-order chi connectivity index (χ0) is 19.2. The lowest BCUT2D eigenvalue weighted by molar-refractivity contribution is 0.335. The number of nitrogens with zero attached hydrogens (tertiary/aromatic N) is 2. The zero-order valence-electron chi connectivity index (χ0n) is 15.0. The van der Waals surface area contributed by atoms with Gasteiger partial charge in [0.1, 0.15) is 16.4 Å². The van der Waals surface area contributed by atoms with Crippen molar-refractivity contribution in [3.8, 4) is 0 Å². The minimum absolute atomic E-state index is 0.0585. The molecule has 0 aliphatic carbocycles. The van der Waals surface area contributed by atoms with E-state index in [1.54, 1.807) is 32.0 Å². The first-order chi connectivity index (χ1) is 12.9. The standard InChI is InChI=1S/C20H19FN2O3S/c1-13-20(14(2)26-22-13)27(24,25)23-12-11-15-7-3-4-8-16(15)19(23)17-9-5-6-10-18(17)21/h3-10,19H,11-12H2,1-2H3. The number of halogens is 1. The number of rotatable bonds is 3. The van der Waals surface area contributed by atoms with Crippen molar-refractivity contribution in [2.45, 2.75) is 31.2 Å². The fourth-order valence-electron chi connectivity index (χ4n) is 3.78. The first kappa shape index (κ1) is 17.9. The van der Waals surface area contributed by atoms with E-state index in [4.69, 9.17) is 4.52 Å². The van der Waals surface area contributed by atoms with E-state index in [-0.39, 0.29) is 17.2 Å². The second kappa shape index (κ2) is 6.58. The number of hydrogen-bond donors (Lipinski definition) is 0. The molecular formula is C20H19FN2O3S. The van der Waals surface area contributed by atoms with Gasteiger partial charge in [0.15, 0.2) is 5.76 Å². The van der Waals surface area contributed by atoms with Gasteiger partial charge in [0.2, 0.25) is 10.0 Å². The summed E-state index contributed by atoms with van der Waals surface area (Å²) in [6.45, 7) is 3.42. The van der Waals surface area contributed by atoms with E-state index in [0.29, 0.717) is 17.7 Å². The Balaban J connectivity index is 1.94. The molecule has 0 bridgehead atoms. The van der Waals surface area contributed by atoms with Crippen LogP contribution < -0.4 is 0 Å². The van der Waals surface area contributed by atoms with Gasteiger partial charge >= 0.3 is 0 Å². The number of aromatic nitrogens is 1. The van der Waals surface area contributed by atoms with E-state index in [1.807, 2.05) is 24.3 Å². The number of aryl methyl sites for hydroxylation is 2. The third kappa shape index (κ3) is 2.87. The fraction of sp³-hybridized carbons (Fsp3) is 0.250. The van der Waals surface area contributed by atoms with Crippen molar-refractivity contribution in [2.24, 2.45) is 0 Å². The van der Waals surface area contributed by atoms with Gasteiger partial charge in [-0.15, -0.1) is 0 Å². The molecule has 4 rings (SSSR count). The van der Waals surface area contributed by atoms with Crippen LogP contribution in [0.5, 0.6) is 0 Å². The van der Waals surface area contributed by atoms with Crippen molar-refractivity contribution in [1.82, 2.24) is 9.46 Å². The van der Waals surface area contributed by atoms with Crippen molar-refractivity contribution >= 4 is 10.0 Å². The van der Waals surface area contributed by atoms with Crippen LogP contribution in [0.4, 0.5) is 4.39 Å². The molecule has 2 aromatic carbocycles. The van der Waals surface area contributed by atoms with Gasteiger partial charge in [-0.25, -0.2) is 12.8 Å². The molecule has 0 N–H and O–H groups in total. The second-order valence-corrected chi connectivity index (χ2v) is 8.47. The molecule has 5 nitrogen and oxygen atoms in total. The van der Waals surface area contributed by atoms with Crippen molar-refractivity contribution in [3.63, 3.8) is 0 Å². The van der Waals surface area contributed by atoms with Gasteiger partial charge in [0, 0.05) is 12.1 Å². The van der Waals surface area contributed by atoms with Gasteiger partial charge in [-0.05, 0) is 37.5 Å². The van der Waals surface area contributed by atoms with E-state index < -0.39 is 21.9 Å². The lowest BCUT2D eigenvalue weighted by Gasteiger charge is -2.36. The van der Waals surface area contributed by atoms with Gasteiger partial charge < -0.3 is 4.52 Å². The van der Waals surface area contributed by atoms with Crippen molar-refractivity contribution in [3.05, 3.63) is 82.5 Å². The Morgan fingerprint density at radius 2 is 1.74 bits per heavy atom. The largest absolute Gasteiger partial charge is 0.360 e. The van der Waals surface area contributed by atoms with Crippen LogP contribution in [0.1, 0.15) is 34.2 Å². The maximum absolute atomic E-state index is 14.7. The molecule has 0 spiro atoms. The molecule has 7 heteroatoms. The summed E-state index contributed by atoms with van der Waals surface area (Å²) >= 11 is 0. The average Bonchev–Trinajstić information content (AvgIpc) is 3.00. The third-order valence-corrected chi connectivity index (χ3v) is 7.08. The van der Waals surface area contributed by atoms with Crippen molar-refractivity contribution < 1.29 is 17.3 Å². The third-order valence-electron chi connectivity index (χ3n) is 4.97. The molecule has 0 saturated heterocycles. The highest BCUT2D eigenvalue weighted by molar-refractivity contribution is 7.89. The quantitative estimate of drug-likeness (QED) is 0.687. The maximum Gasteiger partial charge on any atom is 0.249 e. The molecule has 3 aromatic rings. The van der Waals surface area contributed by atoms with Crippen LogP contribution in [0.15, 0.2) is 57.9 Å². The molecule has 27 heavy (non-hydrogen) atoms. The minimum atomic E-state index is -3.93. The number of benzene rings is 2. The van der Waals surface area contributed by atoms with Crippen LogP contribution in [-0.4, -0.2) is 24.4 Å². The number of hydrogen-bond acceptors (Lipinski definition) is 4. The van der Waals surface area contributed by atoms with Crippen LogP contribution in [0.2, 0.25) is 0 Å². The van der Waals surface area contributed by atoms with Gasteiger partial charge in [0.05, 0.1) is 6.04 Å². The highest BCUT2D eigenvalue weighted by Crippen LogP contribution is 2.40. The first-order valence-corrected chi connectivity index (χ1v) is 10.1. The molecule has 1 aliphatic rings. The lowest BCUT2D eigenvalue weighted by atomic mass is 9.89.